The van der Waals surface area contributed by atoms with Gasteiger partial charge in [0.1, 0.15) is 0 Å². The van der Waals surface area contributed by atoms with Gasteiger partial charge in [-0.1, -0.05) is 0 Å². The average molecular weight is 277 g/mol. The molecule has 0 aliphatic rings. The Bertz CT molecular complexity index is 737. The SMILES string of the molecule is O=C(O)CCNC(=O)c1ncc2c(=O)[nH]ccc2c1O. The van der Waals surface area contributed by atoms with E-state index in [4.69, 9.17) is 5.11 Å². The highest BCUT2D eigenvalue weighted by atomic mass is 16.4. The van der Waals surface area contributed by atoms with Crippen LogP contribution in [0.15, 0.2) is 23.3 Å². The maximum Gasteiger partial charge on any atom is 0.305 e. The van der Waals surface area contributed by atoms with E-state index in [9.17, 15) is 19.5 Å². The fourth-order valence-electron chi connectivity index (χ4n) is 1.68. The van der Waals surface area contributed by atoms with Crippen LogP contribution in [0.5, 0.6) is 5.75 Å². The predicted octanol–water partition coefficient (Wildman–Crippen LogP) is -0.167. The number of hydrogen-bond donors (Lipinski definition) is 4. The van der Waals surface area contributed by atoms with Crippen molar-refractivity contribution in [3.05, 3.63) is 34.5 Å². The number of aromatic hydroxyl groups is 1. The second kappa shape index (κ2) is 5.39. The van der Waals surface area contributed by atoms with Crippen LogP contribution >= 0.6 is 0 Å². The summed E-state index contributed by atoms with van der Waals surface area (Å²) in [6.45, 7) is -0.0807. The Kier molecular flexibility index (Phi) is 3.65. The van der Waals surface area contributed by atoms with E-state index in [1.807, 2.05) is 0 Å². The zero-order chi connectivity index (χ0) is 14.7. The number of hydrogen-bond acceptors (Lipinski definition) is 5. The summed E-state index contributed by atoms with van der Waals surface area (Å²) in [4.78, 5) is 39.8. The molecular formula is C12H11N3O5. The van der Waals surface area contributed by atoms with E-state index >= 15 is 0 Å². The number of aromatic amines is 1. The van der Waals surface area contributed by atoms with Crippen molar-refractivity contribution in [3.63, 3.8) is 0 Å². The smallest absolute Gasteiger partial charge is 0.305 e. The molecule has 20 heavy (non-hydrogen) atoms. The molecule has 0 bridgehead atoms. The summed E-state index contributed by atoms with van der Waals surface area (Å²) in [5, 5.41) is 21.1. The fourth-order valence-corrected chi connectivity index (χ4v) is 1.68. The average Bonchev–Trinajstić information content (AvgIpc) is 2.39. The summed E-state index contributed by atoms with van der Waals surface area (Å²) in [5.41, 5.74) is -0.684. The van der Waals surface area contributed by atoms with Crippen LogP contribution in [0.1, 0.15) is 16.9 Å². The van der Waals surface area contributed by atoms with Crippen LogP contribution in [-0.4, -0.2) is 38.6 Å². The minimum atomic E-state index is -1.05. The van der Waals surface area contributed by atoms with Crippen molar-refractivity contribution in [1.29, 1.82) is 0 Å². The molecule has 4 N–H and O–H groups in total. The summed E-state index contributed by atoms with van der Waals surface area (Å²) in [5.74, 6) is -2.17. The molecule has 0 atom stereocenters. The van der Waals surface area contributed by atoms with Crippen LogP contribution in [0.25, 0.3) is 10.8 Å². The number of aromatic nitrogens is 2. The van der Waals surface area contributed by atoms with E-state index in [-0.39, 0.29) is 29.4 Å². The Labute approximate surface area is 112 Å². The molecule has 2 aromatic heterocycles. The Hall–Kier alpha value is -2.90. The molecule has 2 rings (SSSR count). The number of pyridine rings is 2. The molecule has 0 spiro atoms. The summed E-state index contributed by atoms with van der Waals surface area (Å²) >= 11 is 0. The first-order valence-corrected chi connectivity index (χ1v) is 5.70. The van der Waals surface area contributed by atoms with E-state index in [0.29, 0.717) is 0 Å². The minimum absolute atomic E-state index is 0.0807. The highest BCUT2D eigenvalue weighted by Crippen LogP contribution is 2.24. The zero-order valence-electron chi connectivity index (χ0n) is 10.2. The van der Waals surface area contributed by atoms with Crippen LogP contribution in [0.2, 0.25) is 0 Å². The first kappa shape index (κ1) is 13.5. The van der Waals surface area contributed by atoms with Crippen LogP contribution in [-0.2, 0) is 4.79 Å². The number of fused-ring (bicyclic) bond motifs is 1. The third-order valence-electron chi connectivity index (χ3n) is 2.64. The van der Waals surface area contributed by atoms with Gasteiger partial charge >= 0.3 is 5.97 Å². The standard InChI is InChI=1S/C12H11N3O5/c16-8(17)2-4-14-12(20)9-10(18)6-1-3-13-11(19)7(6)5-15-9/h1,3,5,18H,2,4H2,(H,13,19)(H,14,20)(H,16,17). The molecular weight excluding hydrogens is 266 g/mol. The number of nitrogens with zero attached hydrogens (tertiary/aromatic N) is 1. The highest BCUT2D eigenvalue weighted by molar-refractivity contribution is 6.01. The van der Waals surface area contributed by atoms with Gasteiger partial charge in [0.05, 0.1) is 11.8 Å². The molecule has 2 heterocycles. The van der Waals surface area contributed by atoms with Gasteiger partial charge in [-0.3, -0.25) is 14.4 Å². The number of H-pyrrole nitrogens is 1. The Morgan fingerprint density at radius 3 is 2.80 bits per heavy atom. The molecule has 2 aromatic rings. The van der Waals surface area contributed by atoms with Gasteiger partial charge in [0, 0.05) is 24.3 Å². The quantitative estimate of drug-likeness (QED) is 0.613. The minimum Gasteiger partial charge on any atom is -0.505 e. The fraction of sp³-hybridized carbons (Fsp3) is 0.167. The number of nitrogens with one attached hydrogen (secondary N) is 2. The van der Waals surface area contributed by atoms with E-state index in [0.717, 1.165) is 0 Å². The van der Waals surface area contributed by atoms with Crippen molar-refractivity contribution in [2.24, 2.45) is 0 Å². The molecule has 0 fully saturated rings. The number of carboxylic acid groups (broad SMARTS) is 1. The number of aliphatic carboxylic acids is 1. The summed E-state index contributed by atoms with van der Waals surface area (Å²) < 4.78 is 0. The van der Waals surface area contributed by atoms with Crippen LogP contribution in [0.4, 0.5) is 0 Å². The van der Waals surface area contributed by atoms with Gasteiger partial charge in [0.15, 0.2) is 11.4 Å². The summed E-state index contributed by atoms with van der Waals surface area (Å²) in [7, 11) is 0. The molecule has 0 aliphatic heterocycles. The van der Waals surface area contributed by atoms with Crippen LogP contribution in [0, 0.1) is 0 Å². The molecule has 0 aromatic carbocycles. The molecule has 1 amide bonds. The molecule has 8 heteroatoms. The number of amides is 1. The topological polar surface area (TPSA) is 132 Å². The summed E-state index contributed by atoms with van der Waals surface area (Å²) in [6, 6.07) is 1.45. The van der Waals surface area contributed by atoms with Crippen molar-refractivity contribution in [2.75, 3.05) is 6.54 Å². The van der Waals surface area contributed by atoms with Gasteiger partial charge in [0.2, 0.25) is 0 Å². The second-order valence-corrected chi connectivity index (χ2v) is 3.99. The highest BCUT2D eigenvalue weighted by Gasteiger charge is 2.16. The molecule has 0 aliphatic carbocycles. The maximum atomic E-state index is 11.8. The van der Waals surface area contributed by atoms with Crippen molar-refractivity contribution in [3.8, 4) is 5.75 Å². The molecule has 0 unspecified atom stereocenters. The van der Waals surface area contributed by atoms with Crippen molar-refractivity contribution in [1.82, 2.24) is 15.3 Å². The zero-order valence-corrected chi connectivity index (χ0v) is 10.2. The largest absolute Gasteiger partial charge is 0.505 e. The van der Waals surface area contributed by atoms with Crippen molar-refractivity contribution in [2.45, 2.75) is 6.42 Å². The Morgan fingerprint density at radius 1 is 1.35 bits per heavy atom. The van der Waals surface area contributed by atoms with E-state index in [1.165, 1.54) is 18.5 Å². The third kappa shape index (κ3) is 2.58. The first-order valence-electron chi connectivity index (χ1n) is 5.70. The lowest BCUT2D eigenvalue weighted by molar-refractivity contribution is -0.136. The molecule has 0 saturated heterocycles. The van der Waals surface area contributed by atoms with Gasteiger partial charge in [-0.2, -0.15) is 0 Å². The van der Waals surface area contributed by atoms with Gasteiger partial charge < -0.3 is 20.5 Å². The third-order valence-corrected chi connectivity index (χ3v) is 2.64. The predicted molar refractivity (Wildman–Crippen MR) is 68.6 cm³/mol. The van der Waals surface area contributed by atoms with Crippen LogP contribution in [0.3, 0.4) is 0 Å². The van der Waals surface area contributed by atoms with E-state index in [2.05, 4.69) is 15.3 Å². The monoisotopic (exact) mass is 277 g/mol. The van der Waals surface area contributed by atoms with Crippen molar-refractivity contribution >= 4 is 22.6 Å². The molecule has 0 radical (unpaired) electrons. The first-order chi connectivity index (χ1) is 9.50. The van der Waals surface area contributed by atoms with Gasteiger partial charge in [0.25, 0.3) is 11.5 Å². The number of rotatable bonds is 4. The van der Waals surface area contributed by atoms with Gasteiger partial charge in [-0.15, -0.1) is 0 Å². The van der Waals surface area contributed by atoms with Gasteiger partial charge in [-0.05, 0) is 6.07 Å². The second-order valence-electron chi connectivity index (χ2n) is 3.99. The van der Waals surface area contributed by atoms with Gasteiger partial charge in [-0.25, -0.2) is 4.98 Å². The molecule has 0 saturated carbocycles. The normalized spacial score (nSPS) is 10.4. The lowest BCUT2D eigenvalue weighted by Crippen LogP contribution is -2.27. The number of carbonyl (C=O) groups is 2. The summed E-state index contributed by atoms with van der Waals surface area (Å²) in [6.07, 6.45) is 2.29. The maximum absolute atomic E-state index is 11.8. The number of carboxylic acids is 1. The van der Waals surface area contributed by atoms with Crippen LogP contribution < -0.4 is 10.9 Å². The number of carbonyl (C=O) groups excluding carboxylic acids is 1. The van der Waals surface area contributed by atoms with E-state index < -0.39 is 23.2 Å². The lowest BCUT2D eigenvalue weighted by Gasteiger charge is -2.06. The van der Waals surface area contributed by atoms with Crippen molar-refractivity contribution < 1.29 is 19.8 Å². The lowest BCUT2D eigenvalue weighted by atomic mass is 10.1. The Balaban J connectivity index is 2.31. The molecule has 8 nitrogen and oxygen atoms in total. The Morgan fingerprint density at radius 2 is 2.10 bits per heavy atom. The molecule has 104 valence electrons. The van der Waals surface area contributed by atoms with E-state index in [1.54, 1.807) is 0 Å².